The number of carbonyl (C=O) groups is 1. The summed E-state index contributed by atoms with van der Waals surface area (Å²) in [5.74, 6) is -0.196. The van der Waals surface area contributed by atoms with Gasteiger partial charge in [-0.15, -0.1) is 0 Å². The van der Waals surface area contributed by atoms with Crippen molar-refractivity contribution >= 4 is 15.9 Å². The summed E-state index contributed by atoms with van der Waals surface area (Å²) in [6.07, 6.45) is 4.24. The van der Waals surface area contributed by atoms with Crippen LogP contribution < -0.4 is 10.5 Å². The van der Waals surface area contributed by atoms with Crippen LogP contribution in [0.15, 0.2) is 41.6 Å². The first-order valence-electron chi connectivity index (χ1n) is 8.67. The predicted octanol–water partition coefficient (Wildman–Crippen LogP) is 1.33. The molecule has 8 heteroatoms. The summed E-state index contributed by atoms with van der Waals surface area (Å²) in [5.41, 5.74) is 2.65. The highest BCUT2D eigenvalue weighted by Crippen LogP contribution is 2.22. The second kappa shape index (κ2) is 7.75. The fraction of sp³-hybridized carbons (Fsp3) is 0.368. The van der Waals surface area contributed by atoms with Gasteiger partial charge in [-0.3, -0.25) is 9.78 Å². The lowest BCUT2D eigenvalue weighted by molar-refractivity contribution is 0.0924. The van der Waals surface area contributed by atoms with Crippen LogP contribution in [0.2, 0.25) is 0 Å². The molecule has 0 saturated carbocycles. The molecule has 2 aromatic rings. The fourth-order valence-electron chi connectivity index (χ4n) is 3.29. The van der Waals surface area contributed by atoms with Crippen LogP contribution in [0.1, 0.15) is 27.0 Å². The van der Waals surface area contributed by atoms with Crippen molar-refractivity contribution in [3.63, 3.8) is 0 Å². The average molecular weight is 389 g/mol. The summed E-state index contributed by atoms with van der Waals surface area (Å²) >= 11 is 0. The topological polar surface area (TPSA) is 111 Å². The van der Waals surface area contributed by atoms with E-state index in [-0.39, 0.29) is 28.3 Å². The number of pyridine rings is 1. The number of nitrogens with two attached hydrogens (primary N) is 1. The van der Waals surface area contributed by atoms with E-state index in [1.807, 2.05) is 12.1 Å². The maximum absolute atomic E-state index is 12.7. The normalized spacial score (nSPS) is 19.8. The number of aromatic nitrogens is 1. The number of carbonyl (C=O) groups excluding carboxylic acids is 1. The van der Waals surface area contributed by atoms with Crippen LogP contribution in [0.5, 0.6) is 0 Å². The van der Waals surface area contributed by atoms with Crippen LogP contribution in [-0.2, 0) is 21.2 Å². The van der Waals surface area contributed by atoms with Crippen molar-refractivity contribution in [1.29, 1.82) is 0 Å². The van der Waals surface area contributed by atoms with Crippen LogP contribution in [0.25, 0.3) is 0 Å². The third-order valence-corrected chi connectivity index (χ3v) is 5.99. The third-order valence-electron chi connectivity index (χ3n) is 4.95. The molecule has 7 nitrogen and oxygen atoms in total. The van der Waals surface area contributed by atoms with Crippen molar-refractivity contribution in [3.8, 4) is 0 Å². The van der Waals surface area contributed by atoms with Crippen molar-refractivity contribution in [1.82, 2.24) is 10.3 Å². The lowest BCUT2D eigenvalue weighted by atomic mass is 9.95. The minimum absolute atomic E-state index is 0.0244. The zero-order valence-electron chi connectivity index (χ0n) is 15.3. The lowest BCUT2D eigenvalue weighted by Gasteiger charge is -2.20. The summed E-state index contributed by atoms with van der Waals surface area (Å²) in [4.78, 5) is 16.7. The highest BCUT2D eigenvalue weighted by atomic mass is 32.2. The van der Waals surface area contributed by atoms with E-state index >= 15 is 0 Å². The summed E-state index contributed by atoms with van der Waals surface area (Å²) in [6.45, 7) is 4.41. The highest BCUT2D eigenvalue weighted by molar-refractivity contribution is 7.89. The van der Waals surface area contributed by atoms with E-state index in [2.05, 4.69) is 10.3 Å². The van der Waals surface area contributed by atoms with Crippen molar-refractivity contribution in [2.45, 2.75) is 31.2 Å². The maximum Gasteiger partial charge on any atom is 0.251 e. The zero-order valence-corrected chi connectivity index (χ0v) is 16.1. The second-order valence-corrected chi connectivity index (χ2v) is 8.43. The Morgan fingerprint density at radius 2 is 1.96 bits per heavy atom. The molecule has 1 saturated heterocycles. The Morgan fingerprint density at radius 1 is 1.26 bits per heavy atom. The van der Waals surface area contributed by atoms with Gasteiger partial charge >= 0.3 is 0 Å². The van der Waals surface area contributed by atoms with E-state index in [1.165, 1.54) is 6.07 Å². The minimum Gasteiger partial charge on any atom is -0.379 e. The number of nitrogens with one attached hydrogen (secondary N) is 1. The van der Waals surface area contributed by atoms with E-state index < -0.39 is 10.0 Å². The van der Waals surface area contributed by atoms with Gasteiger partial charge in [0.1, 0.15) is 0 Å². The van der Waals surface area contributed by atoms with E-state index in [4.69, 9.17) is 9.88 Å². The molecule has 1 amide bonds. The highest BCUT2D eigenvalue weighted by Gasteiger charge is 2.30. The van der Waals surface area contributed by atoms with E-state index in [0.717, 1.165) is 12.0 Å². The fourth-order valence-corrected chi connectivity index (χ4v) is 4.17. The molecule has 0 unspecified atom stereocenters. The van der Waals surface area contributed by atoms with E-state index in [9.17, 15) is 13.2 Å². The first-order valence-corrected chi connectivity index (χ1v) is 10.2. The number of rotatable bonds is 5. The number of primary sulfonamides is 1. The number of benzene rings is 1. The third kappa shape index (κ3) is 4.52. The van der Waals surface area contributed by atoms with Crippen LogP contribution in [0.4, 0.5) is 0 Å². The molecule has 3 rings (SSSR count). The van der Waals surface area contributed by atoms with Crippen molar-refractivity contribution in [3.05, 3.63) is 58.9 Å². The molecule has 27 heavy (non-hydrogen) atoms. The first-order chi connectivity index (χ1) is 12.8. The smallest absolute Gasteiger partial charge is 0.251 e. The molecule has 144 valence electrons. The standard InChI is InChI=1S/C19H23N3O4S/c1-12-7-15(9-18(13(12)2)27(20,24)25)19(23)22-17-11-26-10-16(17)8-14-3-5-21-6-4-14/h3-7,9,16-17H,8,10-11H2,1-2H3,(H,22,23)(H2,20,24,25)/t16-,17+/m1/s1. The van der Waals surface area contributed by atoms with Gasteiger partial charge in [0.15, 0.2) is 0 Å². The van der Waals surface area contributed by atoms with Crippen LogP contribution in [0.3, 0.4) is 0 Å². The van der Waals surface area contributed by atoms with Gasteiger partial charge < -0.3 is 10.1 Å². The summed E-state index contributed by atoms with van der Waals surface area (Å²) in [6, 6.07) is 6.75. The summed E-state index contributed by atoms with van der Waals surface area (Å²) in [5, 5.41) is 8.26. The van der Waals surface area contributed by atoms with Gasteiger partial charge in [0.2, 0.25) is 10.0 Å². The zero-order chi connectivity index (χ0) is 19.6. The van der Waals surface area contributed by atoms with Crippen molar-refractivity contribution in [2.24, 2.45) is 11.1 Å². The molecular formula is C19H23N3O4S. The molecule has 1 aliphatic heterocycles. The quantitative estimate of drug-likeness (QED) is 0.801. The average Bonchev–Trinajstić information content (AvgIpc) is 3.03. The molecule has 1 aromatic carbocycles. The molecule has 0 radical (unpaired) electrons. The summed E-state index contributed by atoms with van der Waals surface area (Å²) in [7, 11) is -3.90. The number of amides is 1. The molecule has 3 N–H and O–H groups in total. The van der Waals surface area contributed by atoms with Crippen LogP contribution in [-0.4, -0.2) is 38.6 Å². The number of nitrogens with zero attached hydrogens (tertiary/aromatic N) is 1. The molecule has 1 aliphatic rings. The molecule has 2 atom stereocenters. The Hall–Kier alpha value is -2.29. The second-order valence-electron chi connectivity index (χ2n) is 6.90. The van der Waals surface area contributed by atoms with Crippen LogP contribution >= 0.6 is 0 Å². The Labute approximate surface area is 159 Å². The predicted molar refractivity (Wildman–Crippen MR) is 101 cm³/mol. The number of hydrogen-bond acceptors (Lipinski definition) is 5. The molecule has 0 aliphatic carbocycles. The molecule has 0 bridgehead atoms. The monoisotopic (exact) mass is 389 g/mol. The van der Waals surface area contributed by atoms with Gasteiger partial charge in [0.05, 0.1) is 24.2 Å². The number of hydrogen-bond donors (Lipinski definition) is 2. The van der Waals surface area contributed by atoms with Crippen LogP contribution in [0, 0.1) is 19.8 Å². The van der Waals surface area contributed by atoms with Gasteiger partial charge in [0, 0.05) is 23.9 Å². The van der Waals surface area contributed by atoms with E-state index in [1.54, 1.807) is 32.3 Å². The number of ether oxygens (including phenoxy) is 1. The van der Waals surface area contributed by atoms with Gasteiger partial charge in [-0.1, -0.05) is 0 Å². The summed E-state index contributed by atoms with van der Waals surface area (Å²) < 4.78 is 29.2. The van der Waals surface area contributed by atoms with Gasteiger partial charge in [-0.25, -0.2) is 13.6 Å². The first kappa shape index (κ1) is 19.5. The van der Waals surface area contributed by atoms with Gasteiger partial charge in [-0.05, 0) is 61.2 Å². The van der Waals surface area contributed by atoms with Gasteiger partial charge in [-0.2, -0.15) is 0 Å². The van der Waals surface area contributed by atoms with E-state index in [0.29, 0.717) is 24.3 Å². The largest absolute Gasteiger partial charge is 0.379 e. The molecule has 2 heterocycles. The molecular weight excluding hydrogens is 366 g/mol. The SMILES string of the molecule is Cc1cc(C(=O)N[C@H]2COC[C@H]2Cc2ccncc2)cc(S(N)(=O)=O)c1C. The Bertz CT molecular complexity index is 945. The molecule has 0 spiro atoms. The Kier molecular flexibility index (Phi) is 5.59. The number of sulfonamides is 1. The number of aryl methyl sites for hydroxylation is 1. The van der Waals surface area contributed by atoms with Crippen molar-refractivity contribution in [2.75, 3.05) is 13.2 Å². The van der Waals surface area contributed by atoms with Crippen molar-refractivity contribution < 1.29 is 17.9 Å². The minimum atomic E-state index is -3.90. The molecule has 1 fully saturated rings. The Balaban J connectivity index is 1.78. The lowest BCUT2D eigenvalue weighted by Crippen LogP contribution is -2.40. The molecule has 1 aromatic heterocycles. The van der Waals surface area contributed by atoms with Gasteiger partial charge in [0.25, 0.3) is 5.91 Å². The Morgan fingerprint density at radius 3 is 2.63 bits per heavy atom. The maximum atomic E-state index is 12.7.